The van der Waals surface area contributed by atoms with Crippen molar-refractivity contribution in [1.29, 1.82) is 0 Å². The first-order valence-corrected chi connectivity index (χ1v) is 8.77. The molecule has 0 atom stereocenters. The fourth-order valence-corrected chi connectivity index (χ4v) is 2.68. The number of aryl methyl sites for hydroxylation is 1. The summed E-state index contributed by atoms with van der Waals surface area (Å²) in [6.45, 7) is 2.07. The molecule has 2 aromatic carbocycles. The summed E-state index contributed by atoms with van der Waals surface area (Å²) in [6.07, 6.45) is 2.41. The third-order valence-electron chi connectivity index (χ3n) is 3.71. The van der Waals surface area contributed by atoms with Gasteiger partial charge in [0.1, 0.15) is 5.69 Å². The average Bonchev–Trinajstić information content (AvgIpc) is 2.65. The van der Waals surface area contributed by atoms with Crippen LogP contribution in [0.2, 0.25) is 10.0 Å². The van der Waals surface area contributed by atoms with Crippen LogP contribution < -0.4 is 10.6 Å². The van der Waals surface area contributed by atoms with Crippen molar-refractivity contribution < 1.29 is 4.79 Å². The number of anilines is 3. The molecule has 3 aromatic rings. The Morgan fingerprint density at radius 3 is 2.65 bits per heavy atom. The van der Waals surface area contributed by atoms with Gasteiger partial charge in [-0.3, -0.25) is 4.79 Å². The summed E-state index contributed by atoms with van der Waals surface area (Å²) >= 11 is 11.9. The summed E-state index contributed by atoms with van der Waals surface area (Å²) in [6, 6.07) is 14.3. The number of hydrogen-bond acceptors (Lipinski definition) is 4. The highest BCUT2D eigenvalue weighted by Gasteiger charge is 2.11. The Morgan fingerprint density at radius 1 is 1.08 bits per heavy atom. The molecule has 0 spiro atoms. The lowest BCUT2D eigenvalue weighted by Crippen LogP contribution is -2.14. The van der Waals surface area contributed by atoms with Crippen LogP contribution in [0, 0.1) is 0 Å². The van der Waals surface area contributed by atoms with E-state index in [1.807, 2.05) is 24.3 Å². The smallest absolute Gasteiger partial charge is 0.274 e. The van der Waals surface area contributed by atoms with E-state index in [4.69, 9.17) is 23.2 Å². The number of carbonyl (C=O) groups excluding carboxylic acids is 1. The number of hydrogen-bond donors (Lipinski definition) is 2. The van der Waals surface area contributed by atoms with Crippen LogP contribution in [0.4, 0.5) is 17.3 Å². The van der Waals surface area contributed by atoms with Crippen molar-refractivity contribution in [3.8, 4) is 0 Å². The highest BCUT2D eigenvalue weighted by Crippen LogP contribution is 2.25. The third kappa shape index (κ3) is 4.31. The second-order valence-corrected chi connectivity index (χ2v) is 6.30. The topological polar surface area (TPSA) is 66.9 Å². The molecule has 1 amide bonds. The SMILES string of the molecule is CCc1ccccc1Nc1nccc(C(=O)Nc2ccc(Cl)c(Cl)c2)n1. The number of nitrogens with one attached hydrogen (secondary N) is 2. The van der Waals surface area contributed by atoms with Gasteiger partial charge in [-0.15, -0.1) is 0 Å². The van der Waals surface area contributed by atoms with Gasteiger partial charge in [0.2, 0.25) is 5.95 Å². The van der Waals surface area contributed by atoms with Crippen molar-refractivity contribution in [2.75, 3.05) is 10.6 Å². The minimum absolute atomic E-state index is 0.238. The van der Waals surface area contributed by atoms with Crippen molar-refractivity contribution in [2.24, 2.45) is 0 Å². The van der Waals surface area contributed by atoms with Crippen LogP contribution in [0.25, 0.3) is 0 Å². The third-order valence-corrected chi connectivity index (χ3v) is 4.45. The maximum atomic E-state index is 12.4. The number of amides is 1. The summed E-state index contributed by atoms with van der Waals surface area (Å²) < 4.78 is 0. The van der Waals surface area contributed by atoms with Crippen LogP contribution >= 0.6 is 23.2 Å². The fraction of sp³-hybridized carbons (Fsp3) is 0.105. The molecule has 5 nitrogen and oxygen atoms in total. The number of para-hydroxylation sites is 1. The summed E-state index contributed by atoms with van der Waals surface area (Å²) in [7, 11) is 0. The molecule has 1 heterocycles. The van der Waals surface area contributed by atoms with Gasteiger partial charge in [-0.25, -0.2) is 9.97 Å². The molecule has 132 valence electrons. The first-order valence-electron chi connectivity index (χ1n) is 8.01. The van der Waals surface area contributed by atoms with E-state index >= 15 is 0 Å². The largest absolute Gasteiger partial charge is 0.324 e. The summed E-state index contributed by atoms with van der Waals surface area (Å²) in [5.41, 5.74) is 2.83. The zero-order valence-electron chi connectivity index (χ0n) is 14.0. The Balaban J connectivity index is 1.78. The number of rotatable bonds is 5. The monoisotopic (exact) mass is 386 g/mol. The normalized spacial score (nSPS) is 10.4. The molecular weight excluding hydrogens is 371 g/mol. The van der Waals surface area contributed by atoms with E-state index in [1.54, 1.807) is 24.3 Å². The average molecular weight is 387 g/mol. The van der Waals surface area contributed by atoms with Gasteiger partial charge in [0.15, 0.2) is 0 Å². The summed E-state index contributed by atoms with van der Waals surface area (Å²) in [5.74, 6) is -0.00898. The van der Waals surface area contributed by atoms with E-state index in [0.29, 0.717) is 21.7 Å². The molecule has 0 aliphatic carbocycles. The van der Waals surface area contributed by atoms with Crippen LogP contribution in [-0.4, -0.2) is 15.9 Å². The maximum absolute atomic E-state index is 12.4. The summed E-state index contributed by atoms with van der Waals surface area (Å²) in [5, 5.41) is 6.69. The molecule has 0 radical (unpaired) electrons. The van der Waals surface area contributed by atoms with E-state index < -0.39 is 0 Å². The molecule has 0 unspecified atom stereocenters. The minimum atomic E-state index is -0.363. The Hall–Kier alpha value is -2.63. The molecule has 0 saturated heterocycles. The lowest BCUT2D eigenvalue weighted by Gasteiger charge is -2.10. The quantitative estimate of drug-likeness (QED) is 0.620. The second-order valence-electron chi connectivity index (χ2n) is 5.48. The van der Waals surface area contributed by atoms with Crippen molar-refractivity contribution in [3.05, 3.63) is 76.0 Å². The Kier molecular flexibility index (Phi) is 5.71. The van der Waals surface area contributed by atoms with Crippen LogP contribution in [0.5, 0.6) is 0 Å². The van der Waals surface area contributed by atoms with Gasteiger partial charge >= 0.3 is 0 Å². The highest BCUT2D eigenvalue weighted by molar-refractivity contribution is 6.42. The molecule has 1 aromatic heterocycles. The van der Waals surface area contributed by atoms with Crippen LogP contribution in [0.3, 0.4) is 0 Å². The van der Waals surface area contributed by atoms with Crippen LogP contribution in [0.1, 0.15) is 23.0 Å². The molecule has 0 aliphatic rings. The maximum Gasteiger partial charge on any atom is 0.274 e. The van der Waals surface area contributed by atoms with Crippen LogP contribution in [-0.2, 0) is 6.42 Å². The molecule has 7 heteroatoms. The van der Waals surface area contributed by atoms with Crippen molar-refractivity contribution in [3.63, 3.8) is 0 Å². The van der Waals surface area contributed by atoms with Gasteiger partial charge in [0, 0.05) is 17.6 Å². The van der Waals surface area contributed by atoms with Crippen molar-refractivity contribution in [1.82, 2.24) is 9.97 Å². The number of carbonyl (C=O) groups is 1. The predicted molar refractivity (Wildman–Crippen MR) is 106 cm³/mol. The zero-order chi connectivity index (χ0) is 18.5. The first kappa shape index (κ1) is 18.2. The van der Waals surface area contributed by atoms with Gasteiger partial charge in [-0.05, 0) is 42.3 Å². The number of aromatic nitrogens is 2. The Labute approximate surface area is 161 Å². The lowest BCUT2D eigenvalue weighted by atomic mass is 10.1. The molecule has 0 aliphatic heterocycles. The molecule has 3 rings (SSSR count). The molecule has 0 saturated carbocycles. The van der Waals surface area contributed by atoms with Gasteiger partial charge in [0.25, 0.3) is 5.91 Å². The van der Waals surface area contributed by atoms with Gasteiger partial charge in [-0.2, -0.15) is 0 Å². The molecular formula is C19H16Cl2N4O. The second kappa shape index (κ2) is 8.17. The van der Waals surface area contributed by atoms with Gasteiger partial charge < -0.3 is 10.6 Å². The molecule has 26 heavy (non-hydrogen) atoms. The fourth-order valence-electron chi connectivity index (χ4n) is 2.39. The van der Waals surface area contributed by atoms with E-state index in [9.17, 15) is 4.79 Å². The standard InChI is InChI=1S/C19H16Cl2N4O/c1-2-12-5-3-4-6-16(12)24-19-22-10-9-17(25-19)18(26)23-13-7-8-14(20)15(21)11-13/h3-11H,2H2,1H3,(H,23,26)(H,22,24,25). The molecule has 0 bridgehead atoms. The van der Waals surface area contributed by atoms with Gasteiger partial charge in [0.05, 0.1) is 10.0 Å². The predicted octanol–water partition coefficient (Wildman–Crippen LogP) is 5.34. The van der Waals surface area contributed by atoms with Crippen molar-refractivity contribution >= 4 is 46.4 Å². The zero-order valence-corrected chi connectivity index (χ0v) is 15.5. The van der Waals surface area contributed by atoms with E-state index in [2.05, 4.69) is 27.5 Å². The summed E-state index contributed by atoms with van der Waals surface area (Å²) in [4.78, 5) is 20.9. The lowest BCUT2D eigenvalue weighted by molar-refractivity contribution is 0.102. The van der Waals surface area contributed by atoms with E-state index in [-0.39, 0.29) is 11.6 Å². The minimum Gasteiger partial charge on any atom is -0.324 e. The Morgan fingerprint density at radius 2 is 1.88 bits per heavy atom. The highest BCUT2D eigenvalue weighted by atomic mass is 35.5. The molecule has 0 fully saturated rings. The van der Waals surface area contributed by atoms with E-state index in [1.165, 1.54) is 6.20 Å². The number of halogens is 2. The first-order chi connectivity index (χ1) is 12.6. The van der Waals surface area contributed by atoms with Crippen LogP contribution in [0.15, 0.2) is 54.7 Å². The number of nitrogens with zero attached hydrogens (tertiary/aromatic N) is 2. The van der Waals surface area contributed by atoms with Crippen molar-refractivity contribution in [2.45, 2.75) is 13.3 Å². The van der Waals surface area contributed by atoms with Gasteiger partial charge in [-0.1, -0.05) is 48.3 Å². The van der Waals surface area contributed by atoms with E-state index in [0.717, 1.165) is 17.7 Å². The Bertz CT molecular complexity index is 946. The number of benzene rings is 2. The molecule has 2 N–H and O–H groups in total.